The SMILES string of the molecule is Cc1ccc(C(=O)N2C[C@H]3C[C@H](C2)[C@H]2CCCC(=O)N2C3)s1. The molecule has 4 nitrogen and oxygen atoms in total. The minimum Gasteiger partial charge on any atom is -0.339 e. The van der Waals surface area contributed by atoms with Crippen molar-refractivity contribution in [3.63, 3.8) is 0 Å². The molecule has 4 heterocycles. The number of rotatable bonds is 1. The molecule has 0 aliphatic carbocycles. The predicted octanol–water partition coefficient (Wildman–Crippen LogP) is 2.53. The summed E-state index contributed by atoms with van der Waals surface area (Å²) in [6.45, 7) is 4.52. The Bertz CT molecular complexity index is 612. The highest BCUT2D eigenvalue weighted by Crippen LogP contribution is 2.38. The van der Waals surface area contributed by atoms with Crippen molar-refractivity contribution in [2.24, 2.45) is 11.8 Å². The Morgan fingerprint density at radius 1 is 1.27 bits per heavy atom. The van der Waals surface area contributed by atoms with Gasteiger partial charge in [-0.2, -0.15) is 0 Å². The van der Waals surface area contributed by atoms with Gasteiger partial charge in [0.25, 0.3) is 5.91 Å². The van der Waals surface area contributed by atoms with Crippen LogP contribution in [0.15, 0.2) is 12.1 Å². The van der Waals surface area contributed by atoms with Gasteiger partial charge in [-0.1, -0.05) is 0 Å². The second kappa shape index (κ2) is 5.37. The van der Waals surface area contributed by atoms with Crippen molar-refractivity contribution in [3.8, 4) is 0 Å². The third-order valence-electron chi connectivity index (χ3n) is 5.42. The smallest absolute Gasteiger partial charge is 0.263 e. The van der Waals surface area contributed by atoms with E-state index in [-0.39, 0.29) is 5.91 Å². The fourth-order valence-electron chi connectivity index (χ4n) is 4.48. The van der Waals surface area contributed by atoms with Gasteiger partial charge in [-0.15, -0.1) is 11.3 Å². The number of nitrogens with zero attached hydrogens (tertiary/aromatic N) is 2. The van der Waals surface area contributed by atoms with Crippen LogP contribution in [0.3, 0.4) is 0 Å². The topological polar surface area (TPSA) is 40.6 Å². The van der Waals surface area contributed by atoms with Crippen molar-refractivity contribution in [3.05, 3.63) is 21.9 Å². The number of thiophene rings is 1. The summed E-state index contributed by atoms with van der Waals surface area (Å²) in [7, 11) is 0. The van der Waals surface area contributed by atoms with Crippen LogP contribution in [0.25, 0.3) is 0 Å². The molecule has 0 spiro atoms. The maximum atomic E-state index is 12.7. The van der Waals surface area contributed by atoms with Gasteiger partial charge in [-0.05, 0) is 50.2 Å². The largest absolute Gasteiger partial charge is 0.339 e. The van der Waals surface area contributed by atoms with Gasteiger partial charge in [0.1, 0.15) is 0 Å². The first-order valence-electron chi connectivity index (χ1n) is 8.27. The lowest BCUT2D eigenvalue weighted by atomic mass is 9.76. The maximum absolute atomic E-state index is 12.7. The Kier molecular flexibility index (Phi) is 3.48. The van der Waals surface area contributed by atoms with Crippen LogP contribution < -0.4 is 0 Å². The van der Waals surface area contributed by atoms with Gasteiger partial charge in [0.15, 0.2) is 0 Å². The number of carbonyl (C=O) groups is 2. The Labute approximate surface area is 135 Å². The molecule has 0 radical (unpaired) electrons. The monoisotopic (exact) mass is 318 g/mol. The highest BCUT2D eigenvalue weighted by molar-refractivity contribution is 7.13. The van der Waals surface area contributed by atoms with Gasteiger partial charge in [-0.3, -0.25) is 9.59 Å². The lowest BCUT2D eigenvalue weighted by molar-refractivity contribution is -0.144. The molecular weight excluding hydrogens is 296 g/mol. The molecule has 5 heteroatoms. The molecule has 118 valence electrons. The molecule has 22 heavy (non-hydrogen) atoms. The van der Waals surface area contributed by atoms with Crippen LogP contribution in [-0.4, -0.2) is 47.3 Å². The second-order valence-electron chi connectivity index (χ2n) is 6.99. The van der Waals surface area contributed by atoms with Crippen molar-refractivity contribution in [2.75, 3.05) is 19.6 Å². The number of amides is 2. The van der Waals surface area contributed by atoms with E-state index in [0.29, 0.717) is 30.2 Å². The average Bonchev–Trinajstić information content (AvgIpc) is 2.94. The standard InChI is InChI=1S/C17H22N2O2S/c1-11-5-6-15(22-11)17(21)18-8-12-7-13(10-18)14-3-2-4-16(20)19(14)9-12/h5-6,12-14H,2-4,7-10H2,1H3/t12-,13-,14-/m1/s1. The van der Waals surface area contributed by atoms with E-state index >= 15 is 0 Å². The molecule has 3 atom stereocenters. The summed E-state index contributed by atoms with van der Waals surface area (Å²) in [5, 5.41) is 0. The lowest BCUT2D eigenvalue weighted by Gasteiger charge is -2.52. The first-order valence-corrected chi connectivity index (χ1v) is 9.08. The summed E-state index contributed by atoms with van der Waals surface area (Å²) in [5.74, 6) is 1.45. The fourth-order valence-corrected chi connectivity index (χ4v) is 5.32. The van der Waals surface area contributed by atoms with E-state index in [2.05, 4.69) is 4.90 Å². The van der Waals surface area contributed by atoms with Gasteiger partial charge in [-0.25, -0.2) is 0 Å². The number of fused-ring (bicyclic) bond motifs is 4. The lowest BCUT2D eigenvalue weighted by Crippen LogP contribution is -2.61. The number of likely N-dealkylation sites (tertiary alicyclic amines) is 1. The number of aryl methyl sites for hydroxylation is 1. The highest BCUT2D eigenvalue weighted by Gasteiger charge is 2.44. The van der Waals surface area contributed by atoms with Crippen LogP contribution in [0.1, 0.15) is 40.2 Å². The van der Waals surface area contributed by atoms with Crippen LogP contribution in [0.4, 0.5) is 0 Å². The number of hydrogen-bond acceptors (Lipinski definition) is 3. The molecule has 1 aromatic heterocycles. The molecule has 4 rings (SSSR count). The first kappa shape index (κ1) is 14.2. The van der Waals surface area contributed by atoms with E-state index in [0.717, 1.165) is 37.4 Å². The van der Waals surface area contributed by atoms with Gasteiger partial charge in [0.2, 0.25) is 5.91 Å². The second-order valence-corrected chi connectivity index (χ2v) is 8.28. The Morgan fingerprint density at radius 2 is 2.14 bits per heavy atom. The Morgan fingerprint density at radius 3 is 2.91 bits per heavy atom. The molecular formula is C17H22N2O2S. The summed E-state index contributed by atoms with van der Waals surface area (Å²) in [4.78, 5) is 31.1. The quantitative estimate of drug-likeness (QED) is 0.798. The molecule has 1 aromatic rings. The van der Waals surface area contributed by atoms with Crippen LogP contribution >= 0.6 is 11.3 Å². The zero-order chi connectivity index (χ0) is 15.3. The average molecular weight is 318 g/mol. The van der Waals surface area contributed by atoms with Crippen LogP contribution in [0.5, 0.6) is 0 Å². The Balaban J connectivity index is 1.53. The van der Waals surface area contributed by atoms with Crippen molar-refractivity contribution >= 4 is 23.2 Å². The van der Waals surface area contributed by atoms with E-state index < -0.39 is 0 Å². The van der Waals surface area contributed by atoms with E-state index in [1.807, 2.05) is 24.0 Å². The number of piperidine rings is 3. The van der Waals surface area contributed by atoms with Crippen molar-refractivity contribution in [1.29, 1.82) is 0 Å². The summed E-state index contributed by atoms with van der Waals surface area (Å²) in [5.41, 5.74) is 0. The van der Waals surface area contributed by atoms with E-state index in [9.17, 15) is 9.59 Å². The molecule has 3 aliphatic heterocycles. The molecule has 0 saturated carbocycles. The summed E-state index contributed by atoms with van der Waals surface area (Å²) < 4.78 is 0. The number of hydrogen-bond donors (Lipinski definition) is 0. The molecule has 2 bridgehead atoms. The normalized spacial score (nSPS) is 31.1. The van der Waals surface area contributed by atoms with Gasteiger partial charge < -0.3 is 9.80 Å². The first-order chi connectivity index (χ1) is 10.6. The van der Waals surface area contributed by atoms with Crippen molar-refractivity contribution in [1.82, 2.24) is 9.80 Å². The fraction of sp³-hybridized carbons (Fsp3) is 0.647. The zero-order valence-electron chi connectivity index (χ0n) is 13.0. The molecule has 0 aromatic carbocycles. The van der Waals surface area contributed by atoms with Crippen LogP contribution in [-0.2, 0) is 4.79 Å². The Hall–Kier alpha value is -1.36. The molecule has 2 amide bonds. The summed E-state index contributed by atoms with van der Waals surface area (Å²) in [6, 6.07) is 4.34. The molecule has 3 aliphatic rings. The van der Waals surface area contributed by atoms with Gasteiger partial charge in [0.05, 0.1) is 4.88 Å². The number of carbonyl (C=O) groups excluding carboxylic acids is 2. The summed E-state index contributed by atoms with van der Waals surface area (Å²) >= 11 is 1.58. The molecule has 0 unspecified atom stereocenters. The summed E-state index contributed by atoms with van der Waals surface area (Å²) in [6.07, 6.45) is 4.03. The van der Waals surface area contributed by atoms with Crippen molar-refractivity contribution in [2.45, 2.75) is 38.6 Å². The minimum atomic E-state index is 0.184. The molecule has 3 saturated heterocycles. The minimum absolute atomic E-state index is 0.184. The highest BCUT2D eigenvalue weighted by atomic mass is 32.1. The predicted molar refractivity (Wildman–Crippen MR) is 85.9 cm³/mol. The van der Waals surface area contributed by atoms with E-state index in [1.165, 1.54) is 11.3 Å². The van der Waals surface area contributed by atoms with Gasteiger partial charge >= 0.3 is 0 Å². The van der Waals surface area contributed by atoms with E-state index in [4.69, 9.17) is 0 Å². The maximum Gasteiger partial charge on any atom is 0.263 e. The van der Waals surface area contributed by atoms with Gasteiger partial charge in [0, 0.05) is 37.0 Å². The third-order valence-corrected chi connectivity index (χ3v) is 6.41. The van der Waals surface area contributed by atoms with Crippen LogP contribution in [0.2, 0.25) is 0 Å². The van der Waals surface area contributed by atoms with E-state index in [1.54, 1.807) is 11.3 Å². The molecule has 0 N–H and O–H groups in total. The van der Waals surface area contributed by atoms with Crippen LogP contribution in [0, 0.1) is 18.8 Å². The third kappa shape index (κ3) is 2.35. The molecule has 3 fully saturated rings. The van der Waals surface area contributed by atoms with Crippen molar-refractivity contribution < 1.29 is 9.59 Å². The zero-order valence-corrected chi connectivity index (χ0v) is 13.8.